The van der Waals surface area contributed by atoms with E-state index in [1.807, 2.05) is 6.92 Å². The summed E-state index contributed by atoms with van der Waals surface area (Å²) in [4.78, 5) is 10.4. The molecule has 0 spiro atoms. The molecule has 0 aliphatic rings. The Labute approximate surface area is 61.2 Å². The first-order valence-corrected chi connectivity index (χ1v) is 3.65. The van der Waals surface area contributed by atoms with Gasteiger partial charge in [0.1, 0.15) is 0 Å². The predicted octanol–water partition coefficient (Wildman–Crippen LogP) is 0.836. The Hall–Kier alpha value is -0.570. The van der Waals surface area contributed by atoms with E-state index in [0.29, 0.717) is 13.0 Å². The lowest BCUT2D eigenvalue weighted by molar-refractivity contribution is -0.142. The first kappa shape index (κ1) is 9.43. The van der Waals surface area contributed by atoms with Gasteiger partial charge >= 0.3 is 5.97 Å². The molecule has 1 unspecified atom stereocenters. The van der Waals surface area contributed by atoms with Crippen molar-refractivity contribution in [2.24, 2.45) is 11.7 Å². The van der Waals surface area contributed by atoms with Crippen LogP contribution in [0.1, 0.15) is 26.2 Å². The lowest BCUT2D eigenvalue weighted by Crippen LogP contribution is -2.17. The van der Waals surface area contributed by atoms with E-state index in [1.54, 1.807) is 0 Å². The van der Waals surface area contributed by atoms with Crippen molar-refractivity contribution in [3.8, 4) is 0 Å². The summed E-state index contributed by atoms with van der Waals surface area (Å²) in [7, 11) is 0. The SMILES string of the molecule is CCCC(CCN)C(=O)O. The number of rotatable bonds is 5. The Morgan fingerprint density at radius 2 is 2.20 bits per heavy atom. The van der Waals surface area contributed by atoms with Crippen LogP contribution < -0.4 is 5.73 Å². The molecule has 0 saturated heterocycles. The van der Waals surface area contributed by atoms with Gasteiger partial charge in [-0.15, -0.1) is 0 Å². The summed E-state index contributed by atoms with van der Waals surface area (Å²) in [6.45, 7) is 2.45. The van der Waals surface area contributed by atoms with E-state index >= 15 is 0 Å². The van der Waals surface area contributed by atoms with Gasteiger partial charge in [0.05, 0.1) is 5.92 Å². The first-order chi connectivity index (χ1) is 4.72. The minimum absolute atomic E-state index is 0.227. The monoisotopic (exact) mass is 145 g/mol. The minimum Gasteiger partial charge on any atom is -0.481 e. The molecule has 0 rings (SSSR count). The van der Waals surface area contributed by atoms with E-state index in [9.17, 15) is 4.79 Å². The van der Waals surface area contributed by atoms with Gasteiger partial charge in [0, 0.05) is 0 Å². The summed E-state index contributed by atoms with van der Waals surface area (Å²) in [5.74, 6) is -0.942. The average molecular weight is 145 g/mol. The van der Waals surface area contributed by atoms with Gasteiger partial charge in [-0.05, 0) is 19.4 Å². The van der Waals surface area contributed by atoms with Crippen LogP contribution in [0.2, 0.25) is 0 Å². The highest BCUT2D eigenvalue weighted by molar-refractivity contribution is 5.69. The fourth-order valence-corrected chi connectivity index (χ4v) is 0.941. The Morgan fingerprint density at radius 3 is 2.50 bits per heavy atom. The molecule has 3 heteroatoms. The molecule has 10 heavy (non-hydrogen) atoms. The van der Waals surface area contributed by atoms with Gasteiger partial charge in [-0.2, -0.15) is 0 Å². The Morgan fingerprint density at radius 1 is 1.60 bits per heavy atom. The van der Waals surface area contributed by atoms with Crippen molar-refractivity contribution in [2.45, 2.75) is 26.2 Å². The molecule has 0 aromatic carbocycles. The average Bonchev–Trinajstić information content (AvgIpc) is 1.87. The molecule has 0 aromatic rings. The maximum Gasteiger partial charge on any atom is 0.306 e. The molecule has 0 aliphatic heterocycles. The summed E-state index contributed by atoms with van der Waals surface area (Å²) in [6.07, 6.45) is 2.26. The summed E-state index contributed by atoms with van der Waals surface area (Å²) >= 11 is 0. The van der Waals surface area contributed by atoms with Crippen molar-refractivity contribution in [2.75, 3.05) is 6.54 Å². The second-order valence-corrected chi connectivity index (χ2v) is 2.40. The summed E-state index contributed by atoms with van der Waals surface area (Å²) < 4.78 is 0. The molecule has 0 amide bonds. The number of hydrogen-bond acceptors (Lipinski definition) is 2. The third-order valence-corrected chi connectivity index (χ3v) is 1.50. The highest BCUT2D eigenvalue weighted by Crippen LogP contribution is 2.09. The predicted molar refractivity (Wildman–Crippen MR) is 39.7 cm³/mol. The highest BCUT2D eigenvalue weighted by Gasteiger charge is 2.13. The van der Waals surface area contributed by atoms with Crippen LogP contribution >= 0.6 is 0 Å². The van der Waals surface area contributed by atoms with Gasteiger partial charge in [0.15, 0.2) is 0 Å². The number of aliphatic carboxylic acids is 1. The smallest absolute Gasteiger partial charge is 0.306 e. The van der Waals surface area contributed by atoms with Crippen LogP contribution in [-0.4, -0.2) is 17.6 Å². The summed E-state index contributed by atoms with van der Waals surface area (Å²) in [5.41, 5.74) is 5.23. The third-order valence-electron chi connectivity index (χ3n) is 1.50. The molecule has 0 aliphatic carbocycles. The fraction of sp³-hybridized carbons (Fsp3) is 0.857. The maximum absolute atomic E-state index is 10.4. The van der Waals surface area contributed by atoms with Crippen molar-refractivity contribution in [1.29, 1.82) is 0 Å². The van der Waals surface area contributed by atoms with Gasteiger partial charge < -0.3 is 10.8 Å². The Bertz CT molecular complexity index is 97.8. The number of carboxylic acid groups (broad SMARTS) is 1. The molecule has 0 radical (unpaired) electrons. The third kappa shape index (κ3) is 3.45. The van der Waals surface area contributed by atoms with Gasteiger partial charge in [-0.3, -0.25) is 4.79 Å². The number of carbonyl (C=O) groups is 1. The van der Waals surface area contributed by atoms with Crippen molar-refractivity contribution < 1.29 is 9.90 Å². The second-order valence-electron chi connectivity index (χ2n) is 2.40. The van der Waals surface area contributed by atoms with Crippen LogP contribution in [0.3, 0.4) is 0 Å². The standard InChI is InChI=1S/C7H15NO2/c1-2-3-6(4-5-8)7(9)10/h6H,2-5,8H2,1H3,(H,9,10). The van der Waals surface area contributed by atoms with Gasteiger partial charge in [0.2, 0.25) is 0 Å². The van der Waals surface area contributed by atoms with Crippen molar-refractivity contribution in [1.82, 2.24) is 0 Å². The van der Waals surface area contributed by atoms with Crippen LogP contribution in [-0.2, 0) is 4.79 Å². The van der Waals surface area contributed by atoms with E-state index in [4.69, 9.17) is 10.8 Å². The van der Waals surface area contributed by atoms with Gasteiger partial charge in [0.25, 0.3) is 0 Å². The second kappa shape index (κ2) is 5.23. The maximum atomic E-state index is 10.4. The minimum atomic E-state index is -0.715. The molecule has 0 heterocycles. The molecule has 0 fully saturated rings. The van der Waals surface area contributed by atoms with E-state index in [1.165, 1.54) is 0 Å². The summed E-state index contributed by atoms with van der Waals surface area (Å²) in [6, 6.07) is 0. The van der Waals surface area contributed by atoms with Crippen molar-refractivity contribution in [3.05, 3.63) is 0 Å². The molecule has 1 atom stereocenters. The van der Waals surface area contributed by atoms with E-state index in [0.717, 1.165) is 12.8 Å². The largest absolute Gasteiger partial charge is 0.481 e. The summed E-state index contributed by atoms with van der Waals surface area (Å²) in [5, 5.41) is 8.58. The van der Waals surface area contributed by atoms with Crippen LogP contribution in [0, 0.1) is 5.92 Å². The zero-order chi connectivity index (χ0) is 7.98. The molecule has 0 bridgehead atoms. The molecular weight excluding hydrogens is 130 g/mol. The van der Waals surface area contributed by atoms with Crippen molar-refractivity contribution >= 4 is 5.97 Å². The first-order valence-electron chi connectivity index (χ1n) is 3.65. The Balaban J connectivity index is 3.61. The number of nitrogens with two attached hydrogens (primary N) is 1. The van der Waals surface area contributed by atoms with E-state index in [2.05, 4.69) is 0 Å². The molecule has 0 saturated carbocycles. The molecule has 3 nitrogen and oxygen atoms in total. The van der Waals surface area contributed by atoms with Crippen LogP contribution in [0.25, 0.3) is 0 Å². The topological polar surface area (TPSA) is 63.3 Å². The zero-order valence-corrected chi connectivity index (χ0v) is 6.34. The quantitative estimate of drug-likeness (QED) is 0.602. The van der Waals surface area contributed by atoms with Crippen molar-refractivity contribution in [3.63, 3.8) is 0 Å². The molecule has 3 N–H and O–H groups in total. The Kier molecular flexibility index (Phi) is 4.94. The van der Waals surface area contributed by atoms with Crippen LogP contribution in [0.15, 0.2) is 0 Å². The molecule has 0 aromatic heterocycles. The normalized spacial score (nSPS) is 13.0. The zero-order valence-electron chi connectivity index (χ0n) is 6.34. The van der Waals surface area contributed by atoms with Gasteiger partial charge in [-0.25, -0.2) is 0 Å². The van der Waals surface area contributed by atoms with Gasteiger partial charge in [-0.1, -0.05) is 13.3 Å². The highest BCUT2D eigenvalue weighted by atomic mass is 16.4. The number of carboxylic acids is 1. The van der Waals surface area contributed by atoms with E-state index in [-0.39, 0.29) is 5.92 Å². The fourth-order valence-electron chi connectivity index (χ4n) is 0.941. The lowest BCUT2D eigenvalue weighted by Gasteiger charge is -2.07. The number of hydrogen-bond donors (Lipinski definition) is 2. The lowest BCUT2D eigenvalue weighted by atomic mass is 10.0. The molecule has 60 valence electrons. The van der Waals surface area contributed by atoms with E-state index < -0.39 is 5.97 Å². The molecular formula is C7H15NO2. The van der Waals surface area contributed by atoms with Crippen LogP contribution in [0.4, 0.5) is 0 Å². The van der Waals surface area contributed by atoms with Crippen LogP contribution in [0.5, 0.6) is 0 Å².